The molecule has 0 aliphatic heterocycles. The van der Waals surface area contributed by atoms with Crippen molar-refractivity contribution in [2.75, 3.05) is 5.75 Å². The average molecular weight is 287 g/mol. The lowest BCUT2D eigenvalue weighted by atomic mass is 10.2. The van der Waals surface area contributed by atoms with Gasteiger partial charge in [0.1, 0.15) is 0 Å². The van der Waals surface area contributed by atoms with Crippen molar-refractivity contribution < 1.29 is 0 Å². The SMILES string of the molecule is CCCCCCCSc1cccc(Br)c1. The minimum absolute atomic E-state index is 1.18. The summed E-state index contributed by atoms with van der Waals surface area (Å²) < 4.78 is 1.18. The second-order valence-electron chi connectivity index (χ2n) is 3.72. The topological polar surface area (TPSA) is 0 Å². The van der Waals surface area contributed by atoms with Crippen LogP contribution >= 0.6 is 27.7 Å². The minimum atomic E-state index is 1.18. The van der Waals surface area contributed by atoms with Gasteiger partial charge >= 0.3 is 0 Å². The number of unbranched alkanes of at least 4 members (excludes halogenated alkanes) is 4. The predicted octanol–water partition coefficient (Wildman–Crippen LogP) is 5.51. The zero-order valence-corrected chi connectivity index (χ0v) is 11.7. The molecule has 0 amide bonds. The van der Waals surface area contributed by atoms with E-state index in [0.29, 0.717) is 0 Å². The van der Waals surface area contributed by atoms with Gasteiger partial charge in [-0.25, -0.2) is 0 Å². The molecule has 15 heavy (non-hydrogen) atoms. The fraction of sp³-hybridized carbons (Fsp3) is 0.538. The highest BCUT2D eigenvalue weighted by Crippen LogP contribution is 2.23. The first-order chi connectivity index (χ1) is 7.33. The Morgan fingerprint density at radius 2 is 1.93 bits per heavy atom. The standard InChI is InChI=1S/C13H19BrS/c1-2-3-4-5-6-10-15-13-9-7-8-12(14)11-13/h7-9,11H,2-6,10H2,1H3. The quantitative estimate of drug-likeness (QED) is 0.470. The molecule has 1 aromatic carbocycles. The highest BCUT2D eigenvalue weighted by atomic mass is 79.9. The van der Waals surface area contributed by atoms with Crippen molar-refractivity contribution in [1.29, 1.82) is 0 Å². The molecule has 84 valence electrons. The van der Waals surface area contributed by atoms with Gasteiger partial charge < -0.3 is 0 Å². The van der Waals surface area contributed by atoms with E-state index in [-0.39, 0.29) is 0 Å². The molecule has 0 radical (unpaired) electrons. The fourth-order valence-electron chi connectivity index (χ4n) is 1.45. The molecule has 0 saturated carbocycles. The summed E-state index contributed by atoms with van der Waals surface area (Å²) in [6, 6.07) is 8.55. The molecule has 0 atom stereocenters. The second kappa shape index (κ2) is 8.23. The summed E-state index contributed by atoms with van der Waals surface area (Å²) in [6.07, 6.45) is 6.85. The van der Waals surface area contributed by atoms with Gasteiger partial charge in [0.25, 0.3) is 0 Å². The van der Waals surface area contributed by atoms with E-state index in [9.17, 15) is 0 Å². The van der Waals surface area contributed by atoms with Gasteiger partial charge in [-0.2, -0.15) is 0 Å². The molecular formula is C13H19BrS. The molecule has 2 heteroatoms. The van der Waals surface area contributed by atoms with Crippen LogP contribution in [0.2, 0.25) is 0 Å². The maximum Gasteiger partial charge on any atom is 0.0186 e. The largest absolute Gasteiger partial charge is 0.126 e. The molecule has 1 aromatic rings. The number of rotatable bonds is 7. The summed E-state index contributed by atoms with van der Waals surface area (Å²) in [5, 5.41) is 0. The zero-order chi connectivity index (χ0) is 10.9. The fourth-order valence-corrected chi connectivity index (χ4v) is 2.97. The highest BCUT2D eigenvalue weighted by Gasteiger charge is 1.95. The molecule has 0 saturated heterocycles. The third-order valence-electron chi connectivity index (χ3n) is 2.31. The van der Waals surface area contributed by atoms with Crippen LogP contribution in [0, 0.1) is 0 Å². The maximum atomic E-state index is 3.49. The summed E-state index contributed by atoms with van der Waals surface area (Å²) in [6.45, 7) is 2.26. The van der Waals surface area contributed by atoms with Gasteiger partial charge in [-0.1, -0.05) is 54.6 Å². The normalized spacial score (nSPS) is 10.5. The van der Waals surface area contributed by atoms with Crippen molar-refractivity contribution in [3.63, 3.8) is 0 Å². The average Bonchev–Trinajstić information content (AvgIpc) is 2.23. The third kappa shape index (κ3) is 6.26. The summed E-state index contributed by atoms with van der Waals surface area (Å²) in [5.41, 5.74) is 0. The zero-order valence-electron chi connectivity index (χ0n) is 9.34. The summed E-state index contributed by atoms with van der Waals surface area (Å²) in [4.78, 5) is 1.37. The Kier molecular flexibility index (Phi) is 7.20. The molecule has 0 aromatic heterocycles. The van der Waals surface area contributed by atoms with Gasteiger partial charge in [-0.15, -0.1) is 11.8 Å². The van der Waals surface area contributed by atoms with Crippen molar-refractivity contribution in [2.45, 2.75) is 43.9 Å². The van der Waals surface area contributed by atoms with Crippen molar-refractivity contribution in [2.24, 2.45) is 0 Å². The van der Waals surface area contributed by atoms with Crippen LogP contribution in [0.1, 0.15) is 39.0 Å². The van der Waals surface area contributed by atoms with Crippen molar-refractivity contribution >= 4 is 27.7 Å². The number of halogens is 1. The van der Waals surface area contributed by atoms with E-state index in [1.54, 1.807) is 0 Å². The van der Waals surface area contributed by atoms with Crippen LogP contribution in [0.25, 0.3) is 0 Å². The van der Waals surface area contributed by atoms with Gasteiger partial charge in [0.05, 0.1) is 0 Å². The minimum Gasteiger partial charge on any atom is -0.126 e. The van der Waals surface area contributed by atoms with Gasteiger partial charge in [0.15, 0.2) is 0 Å². The van der Waals surface area contributed by atoms with E-state index in [0.717, 1.165) is 0 Å². The van der Waals surface area contributed by atoms with E-state index in [1.165, 1.54) is 47.2 Å². The molecule has 1 rings (SSSR count). The highest BCUT2D eigenvalue weighted by molar-refractivity contribution is 9.10. The molecule has 0 nitrogen and oxygen atoms in total. The van der Waals surface area contributed by atoms with E-state index in [1.807, 2.05) is 11.8 Å². The maximum absolute atomic E-state index is 3.49. The summed E-state index contributed by atoms with van der Waals surface area (Å²) in [5.74, 6) is 1.25. The molecule has 0 heterocycles. The molecule has 0 bridgehead atoms. The van der Waals surface area contributed by atoms with Gasteiger partial charge in [-0.3, -0.25) is 0 Å². The lowest BCUT2D eigenvalue weighted by Gasteiger charge is -2.02. The van der Waals surface area contributed by atoms with E-state index >= 15 is 0 Å². The first-order valence-corrected chi connectivity index (χ1v) is 7.49. The monoisotopic (exact) mass is 286 g/mol. The Morgan fingerprint density at radius 3 is 2.67 bits per heavy atom. The van der Waals surface area contributed by atoms with Crippen LogP contribution in [0.5, 0.6) is 0 Å². The lowest BCUT2D eigenvalue weighted by Crippen LogP contribution is -1.82. The molecular weight excluding hydrogens is 268 g/mol. The molecule has 0 N–H and O–H groups in total. The van der Waals surface area contributed by atoms with Crippen LogP contribution < -0.4 is 0 Å². The Bertz CT molecular complexity index is 273. The Balaban J connectivity index is 2.10. The molecule has 0 aliphatic carbocycles. The van der Waals surface area contributed by atoms with Crippen molar-refractivity contribution in [3.05, 3.63) is 28.7 Å². The van der Waals surface area contributed by atoms with E-state index < -0.39 is 0 Å². The molecule has 0 spiro atoms. The second-order valence-corrected chi connectivity index (χ2v) is 5.80. The lowest BCUT2D eigenvalue weighted by molar-refractivity contribution is 0.659. The van der Waals surface area contributed by atoms with E-state index in [4.69, 9.17) is 0 Å². The van der Waals surface area contributed by atoms with Crippen LogP contribution in [0.15, 0.2) is 33.6 Å². The Hall–Kier alpha value is 0.0500. The van der Waals surface area contributed by atoms with Crippen molar-refractivity contribution in [1.82, 2.24) is 0 Å². The molecule has 0 fully saturated rings. The number of benzene rings is 1. The van der Waals surface area contributed by atoms with E-state index in [2.05, 4.69) is 47.1 Å². The first kappa shape index (κ1) is 13.1. The summed E-state index contributed by atoms with van der Waals surface area (Å²) >= 11 is 5.45. The Labute approximate surface area is 106 Å². The smallest absolute Gasteiger partial charge is 0.0186 e. The first-order valence-electron chi connectivity index (χ1n) is 5.71. The van der Waals surface area contributed by atoms with Gasteiger partial charge in [0.2, 0.25) is 0 Å². The Morgan fingerprint density at radius 1 is 1.13 bits per heavy atom. The molecule has 0 unspecified atom stereocenters. The van der Waals surface area contributed by atoms with Gasteiger partial charge in [-0.05, 0) is 30.4 Å². The number of hydrogen-bond acceptors (Lipinski definition) is 1. The van der Waals surface area contributed by atoms with Crippen LogP contribution in [0.4, 0.5) is 0 Å². The van der Waals surface area contributed by atoms with Crippen molar-refractivity contribution in [3.8, 4) is 0 Å². The third-order valence-corrected chi connectivity index (χ3v) is 3.89. The van der Waals surface area contributed by atoms with Crippen LogP contribution in [-0.4, -0.2) is 5.75 Å². The number of hydrogen-bond donors (Lipinski definition) is 0. The van der Waals surface area contributed by atoms with Crippen LogP contribution in [-0.2, 0) is 0 Å². The predicted molar refractivity (Wildman–Crippen MR) is 73.6 cm³/mol. The van der Waals surface area contributed by atoms with Crippen LogP contribution in [0.3, 0.4) is 0 Å². The summed E-state index contributed by atoms with van der Waals surface area (Å²) in [7, 11) is 0. The number of thioether (sulfide) groups is 1. The molecule has 0 aliphatic rings. The van der Waals surface area contributed by atoms with Gasteiger partial charge in [0, 0.05) is 9.37 Å².